The molecule has 0 bridgehead atoms. The summed E-state index contributed by atoms with van der Waals surface area (Å²) in [6, 6.07) is 16.8. The molecule has 4 rings (SSSR count). The molecule has 0 aliphatic carbocycles. The van der Waals surface area contributed by atoms with E-state index in [4.69, 9.17) is 9.47 Å². The minimum Gasteiger partial charge on any atom is -0.489 e. The maximum atomic E-state index is 13.2. The van der Waals surface area contributed by atoms with E-state index in [1.54, 1.807) is 30.3 Å². The highest BCUT2D eigenvalue weighted by molar-refractivity contribution is 6.14. The molecule has 144 valence electrons. The lowest BCUT2D eigenvalue weighted by Crippen LogP contribution is -1.98. The largest absolute Gasteiger partial charge is 0.489 e. The zero-order valence-corrected chi connectivity index (χ0v) is 15.0. The topological polar surface area (TPSA) is 78.7 Å². The van der Waals surface area contributed by atoms with E-state index >= 15 is 0 Å². The van der Waals surface area contributed by atoms with Crippen molar-refractivity contribution in [3.63, 3.8) is 0 Å². The van der Waals surface area contributed by atoms with Crippen molar-refractivity contribution in [2.45, 2.75) is 6.61 Å². The summed E-state index contributed by atoms with van der Waals surface area (Å²) in [5, 5.41) is 10.7. The summed E-state index contributed by atoms with van der Waals surface area (Å²) in [6.07, 6.45) is 1.53. The zero-order valence-electron chi connectivity index (χ0n) is 15.0. The SMILES string of the molecule is O=C1/C(=C/c2ccc([N+](=O)[O-])cc2)Oc2cc(OCc3cccc(F)c3)ccc21. The lowest BCUT2D eigenvalue weighted by Gasteiger charge is -2.07. The van der Waals surface area contributed by atoms with E-state index in [0.29, 0.717) is 28.2 Å². The molecule has 6 nitrogen and oxygen atoms in total. The Morgan fingerprint density at radius 3 is 2.59 bits per heavy atom. The molecule has 0 N–H and O–H groups in total. The van der Waals surface area contributed by atoms with Gasteiger partial charge >= 0.3 is 0 Å². The first kappa shape index (κ1) is 18.4. The molecule has 0 atom stereocenters. The molecule has 3 aromatic carbocycles. The van der Waals surface area contributed by atoms with Crippen LogP contribution in [0.2, 0.25) is 0 Å². The summed E-state index contributed by atoms with van der Waals surface area (Å²) in [5.74, 6) is 0.346. The van der Waals surface area contributed by atoms with Crippen molar-refractivity contribution >= 4 is 17.5 Å². The number of allylic oxidation sites excluding steroid dienone is 1. The van der Waals surface area contributed by atoms with Gasteiger partial charge in [0.1, 0.15) is 23.9 Å². The fraction of sp³-hybridized carbons (Fsp3) is 0.0455. The molecular formula is C22H14FNO5. The van der Waals surface area contributed by atoms with Crippen LogP contribution in [-0.2, 0) is 6.61 Å². The highest BCUT2D eigenvalue weighted by Crippen LogP contribution is 2.35. The second-order valence-electron chi connectivity index (χ2n) is 6.36. The minimum absolute atomic E-state index is 0.0332. The van der Waals surface area contributed by atoms with Crippen molar-refractivity contribution in [2.24, 2.45) is 0 Å². The van der Waals surface area contributed by atoms with Gasteiger partial charge in [-0.1, -0.05) is 12.1 Å². The molecular weight excluding hydrogens is 377 g/mol. The van der Waals surface area contributed by atoms with Gasteiger partial charge in [0.15, 0.2) is 5.76 Å². The molecule has 0 amide bonds. The standard InChI is InChI=1S/C22H14FNO5/c23-16-3-1-2-15(10-16)13-28-18-8-9-19-20(12-18)29-21(22(19)25)11-14-4-6-17(7-5-14)24(26)27/h1-12H,13H2/b21-11-. The Hall–Kier alpha value is -4.00. The van der Waals surface area contributed by atoms with Crippen LogP contribution >= 0.6 is 0 Å². The predicted octanol–water partition coefficient (Wildman–Crippen LogP) is 4.93. The second kappa shape index (κ2) is 7.55. The molecule has 1 aliphatic rings. The third kappa shape index (κ3) is 3.98. The van der Waals surface area contributed by atoms with Crippen LogP contribution < -0.4 is 9.47 Å². The average Bonchev–Trinajstić information content (AvgIpc) is 3.02. The number of halogens is 1. The molecule has 0 saturated heterocycles. The molecule has 29 heavy (non-hydrogen) atoms. The van der Waals surface area contributed by atoms with Crippen molar-refractivity contribution in [1.29, 1.82) is 0 Å². The molecule has 1 heterocycles. The van der Waals surface area contributed by atoms with E-state index in [1.165, 1.54) is 42.5 Å². The number of nitro groups is 1. The van der Waals surface area contributed by atoms with Gasteiger partial charge in [-0.05, 0) is 53.6 Å². The Labute approximate surface area is 165 Å². The summed E-state index contributed by atoms with van der Waals surface area (Å²) in [5.41, 5.74) is 1.65. The number of Topliss-reactive ketones (excluding diaryl/α,β-unsaturated/α-hetero) is 1. The van der Waals surface area contributed by atoms with Crippen LogP contribution in [0.3, 0.4) is 0 Å². The summed E-state index contributed by atoms with van der Waals surface area (Å²) in [4.78, 5) is 22.8. The monoisotopic (exact) mass is 391 g/mol. The van der Waals surface area contributed by atoms with Crippen molar-refractivity contribution in [1.82, 2.24) is 0 Å². The molecule has 0 unspecified atom stereocenters. The number of carbonyl (C=O) groups is 1. The van der Waals surface area contributed by atoms with E-state index in [1.807, 2.05) is 0 Å². The van der Waals surface area contributed by atoms with Gasteiger partial charge in [-0.25, -0.2) is 4.39 Å². The van der Waals surface area contributed by atoms with Gasteiger partial charge < -0.3 is 9.47 Å². The van der Waals surface area contributed by atoms with Gasteiger partial charge in [-0.3, -0.25) is 14.9 Å². The third-order valence-electron chi connectivity index (χ3n) is 4.34. The van der Waals surface area contributed by atoms with Crippen molar-refractivity contribution in [2.75, 3.05) is 0 Å². The minimum atomic E-state index is -0.491. The Balaban J connectivity index is 1.50. The predicted molar refractivity (Wildman–Crippen MR) is 103 cm³/mol. The third-order valence-corrected chi connectivity index (χ3v) is 4.34. The van der Waals surface area contributed by atoms with Crippen LogP contribution in [0.1, 0.15) is 21.5 Å². The number of non-ortho nitro benzene ring substituents is 1. The van der Waals surface area contributed by atoms with E-state index < -0.39 is 4.92 Å². The van der Waals surface area contributed by atoms with Crippen LogP contribution in [0.25, 0.3) is 6.08 Å². The summed E-state index contributed by atoms with van der Waals surface area (Å²) >= 11 is 0. The average molecular weight is 391 g/mol. The molecule has 0 fully saturated rings. The highest BCUT2D eigenvalue weighted by Gasteiger charge is 2.27. The van der Waals surface area contributed by atoms with Gasteiger partial charge in [-0.15, -0.1) is 0 Å². The lowest BCUT2D eigenvalue weighted by molar-refractivity contribution is -0.384. The van der Waals surface area contributed by atoms with Crippen molar-refractivity contribution < 1.29 is 23.6 Å². The highest BCUT2D eigenvalue weighted by atomic mass is 19.1. The normalized spacial score (nSPS) is 13.8. The van der Waals surface area contributed by atoms with Crippen LogP contribution in [0, 0.1) is 15.9 Å². The Morgan fingerprint density at radius 1 is 1.07 bits per heavy atom. The fourth-order valence-electron chi connectivity index (χ4n) is 2.89. The number of hydrogen-bond acceptors (Lipinski definition) is 5. The van der Waals surface area contributed by atoms with E-state index in [0.717, 1.165) is 0 Å². The van der Waals surface area contributed by atoms with Crippen LogP contribution in [0.5, 0.6) is 11.5 Å². The van der Waals surface area contributed by atoms with E-state index in [9.17, 15) is 19.3 Å². The number of benzene rings is 3. The Bertz CT molecular complexity index is 1140. The first-order chi connectivity index (χ1) is 14.0. The van der Waals surface area contributed by atoms with Crippen LogP contribution in [-0.4, -0.2) is 10.7 Å². The van der Waals surface area contributed by atoms with Crippen molar-refractivity contribution in [3.05, 3.63) is 105 Å². The molecule has 0 spiro atoms. The van der Waals surface area contributed by atoms with Crippen LogP contribution in [0.15, 0.2) is 72.5 Å². The summed E-state index contributed by atoms with van der Waals surface area (Å²) in [7, 11) is 0. The maximum Gasteiger partial charge on any atom is 0.269 e. The molecule has 3 aromatic rings. The van der Waals surface area contributed by atoms with Gasteiger partial charge in [0, 0.05) is 18.2 Å². The fourth-order valence-corrected chi connectivity index (χ4v) is 2.89. The molecule has 1 aliphatic heterocycles. The zero-order chi connectivity index (χ0) is 20.4. The summed E-state index contributed by atoms with van der Waals surface area (Å²) in [6.45, 7) is 0.177. The van der Waals surface area contributed by atoms with Gasteiger partial charge in [0.25, 0.3) is 5.69 Å². The van der Waals surface area contributed by atoms with Gasteiger partial charge in [-0.2, -0.15) is 0 Å². The number of nitro benzene ring substituents is 1. The van der Waals surface area contributed by atoms with Gasteiger partial charge in [0.2, 0.25) is 5.78 Å². The number of nitrogens with zero attached hydrogens (tertiary/aromatic N) is 1. The van der Waals surface area contributed by atoms with Crippen molar-refractivity contribution in [3.8, 4) is 11.5 Å². The van der Waals surface area contributed by atoms with Crippen LogP contribution in [0.4, 0.5) is 10.1 Å². The number of rotatable bonds is 5. The molecule has 0 saturated carbocycles. The van der Waals surface area contributed by atoms with Gasteiger partial charge in [0.05, 0.1) is 10.5 Å². The second-order valence-corrected chi connectivity index (χ2v) is 6.36. The molecule has 0 aromatic heterocycles. The number of ether oxygens (including phenoxy) is 2. The summed E-state index contributed by atoms with van der Waals surface area (Å²) < 4.78 is 24.6. The number of hydrogen-bond donors (Lipinski definition) is 0. The smallest absolute Gasteiger partial charge is 0.269 e. The lowest BCUT2D eigenvalue weighted by atomic mass is 10.1. The Kier molecular flexibility index (Phi) is 4.78. The molecule has 0 radical (unpaired) electrons. The van der Waals surface area contributed by atoms with E-state index in [2.05, 4.69) is 0 Å². The Morgan fingerprint density at radius 2 is 1.86 bits per heavy atom. The molecule has 7 heteroatoms. The first-order valence-electron chi connectivity index (χ1n) is 8.69. The number of ketones is 1. The number of fused-ring (bicyclic) bond motifs is 1. The number of carbonyl (C=O) groups excluding carboxylic acids is 1. The quantitative estimate of drug-likeness (QED) is 0.350. The maximum absolute atomic E-state index is 13.2. The first-order valence-corrected chi connectivity index (χ1v) is 8.69. The van der Waals surface area contributed by atoms with E-state index in [-0.39, 0.29) is 29.7 Å².